The van der Waals surface area contributed by atoms with Crippen molar-refractivity contribution in [1.82, 2.24) is 0 Å². The Kier molecular flexibility index (Phi) is 8.37. The van der Waals surface area contributed by atoms with Crippen molar-refractivity contribution in [3.05, 3.63) is 11.3 Å². The maximum Gasteiger partial charge on any atom is 0.186 e. The van der Waals surface area contributed by atoms with E-state index in [1.165, 1.54) is 37.7 Å². The summed E-state index contributed by atoms with van der Waals surface area (Å²) in [5.74, 6) is 4.05. The van der Waals surface area contributed by atoms with Gasteiger partial charge in [-0.15, -0.1) is 0 Å². The van der Waals surface area contributed by atoms with E-state index in [2.05, 4.69) is 34.6 Å². The topological polar surface area (TPSA) is 129 Å². The van der Waals surface area contributed by atoms with Gasteiger partial charge in [0.15, 0.2) is 6.29 Å². The van der Waals surface area contributed by atoms with Crippen LogP contribution in [0.4, 0.5) is 0 Å². The normalized spacial score (nSPS) is 52.7. The molecule has 4 saturated carbocycles. The highest BCUT2D eigenvalue weighted by Crippen LogP contribution is 2.72. The van der Waals surface area contributed by atoms with E-state index in [0.29, 0.717) is 23.9 Å². The maximum atomic E-state index is 10.5. The first-order valence-corrected chi connectivity index (χ1v) is 16.8. The van der Waals surface area contributed by atoms with Crippen LogP contribution in [0.5, 0.6) is 0 Å². The molecule has 0 aromatic rings. The first-order valence-electron chi connectivity index (χ1n) is 16.8. The average molecular weight is 593 g/mol. The van der Waals surface area contributed by atoms with E-state index in [0.717, 1.165) is 49.7 Å². The molecule has 5 fully saturated rings. The molecule has 0 radical (unpaired) electrons. The molecule has 0 spiro atoms. The Labute approximate surface area is 251 Å². The summed E-state index contributed by atoms with van der Waals surface area (Å²) in [4.78, 5) is 0. The molecule has 0 bridgehead atoms. The molecule has 0 aromatic heterocycles. The lowest BCUT2D eigenvalue weighted by molar-refractivity contribution is -0.303. The molecule has 6 rings (SSSR count). The van der Waals surface area contributed by atoms with Gasteiger partial charge >= 0.3 is 0 Å². The molecular formula is C34H56O8. The van der Waals surface area contributed by atoms with Crippen LogP contribution < -0.4 is 0 Å². The summed E-state index contributed by atoms with van der Waals surface area (Å²) in [6.45, 7) is 11.9. The highest BCUT2D eigenvalue weighted by Gasteiger charge is 2.66. The summed E-state index contributed by atoms with van der Waals surface area (Å²) in [7, 11) is 0. The lowest BCUT2D eigenvalue weighted by atomic mass is 9.40. The number of ether oxygens (including phenoxy) is 3. The highest BCUT2D eigenvalue weighted by atomic mass is 16.7. The third-order valence-electron chi connectivity index (χ3n) is 13.8. The third kappa shape index (κ3) is 4.81. The van der Waals surface area contributed by atoms with Gasteiger partial charge in [-0.1, -0.05) is 27.7 Å². The van der Waals surface area contributed by atoms with Gasteiger partial charge in [0.2, 0.25) is 0 Å². The van der Waals surface area contributed by atoms with Crippen molar-refractivity contribution in [3.63, 3.8) is 0 Å². The van der Waals surface area contributed by atoms with Crippen molar-refractivity contribution >= 4 is 0 Å². The minimum Gasteiger partial charge on any atom is -0.494 e. The molecule has 8 nitrogen and oxygen atoms in total. The van der Waals surface area contributed by atoms with E-state index in [1.54, 1.807) is 0 Å². The van der Waals surface area contributed by atoms with Crippen molar-refractivity contribution in [2.75, 3.05) is 13.2 Å². The number of aliphatic hydroxyl groups is 5. The molecule has 240 valence electrons. The van der Waals surface area contributed by atoms with E-state index in [-0.39, 0.29) is 29.0 Å². The van der Waals surface area contributed by atoms with E-state index in [1.807, 2.05) is 0 Å². The zero-order chi connectivity index (χ0) is 30.2. The zero-order valence-electron chi connectivity index (χ0n) is 26.4. The van der Waals surface area contributed by atoms with E-state index in [9.17, 15) is 25.5 Å². The SMILES string of the molecule is CC1=C(CC[C@H](C)CO[C@@H]2O[C@H](CO)[C@@H](O)[C@H](O)[C@H]2O)O[C@H]2C[C@@H]3[C@H]4CC[C@]5(C)C[C@@H](O)CC[C@]5(C)[C@H]4CC[C@]3(C)[C@@H]12. The van der Waals surface area contributed by atoms with Crippen molar-refractivity contribution < 1.29 is 39.7 Å². The van der Waals surface area contributed by atoms with Gasteiger partial charge < -0.3 is 39.7 Å². The molecule has 8 heteroatoms. The predicted octanol–water partition coefficient (Wildman–Crippen LogP) is 3.91. The van der Waals surface area contributed by atoms with Crippen LogP contribution in [0.3, 0.4) is 0 Å². The number of fused-ring (bicyclic) bond motifs is 7. The minimum atomic E-state index is -1.42. The molecule has 4 aliphatic carbocycles. The zero-order valence-corrected chi connectivity index (χ0v) is 26.4. The Hall–Kier alpha value is -0.740. The van der Waals surface area contributed by atoms with Gasteiger partial charge in [-0.25, -0.2) is 0 Å². The smallest absolute Gasteiger partial charge is 0.186 e. The maximum absolute atomic E-state index is 10.5. The van der Waals surface area contributed by atoms with Crippen LogP contribution in [0.2, 0.25) is 0 Å². The van der Waals surface area contributed by atoms with Gasteiger partial charge in [0.05, 0.1) is 25.1 Å². The molecular weight excluding hydrogens is 536 g/mol. The van der Waals surface area contributed by atoms with Gasteiger partial charge in [0, 0.05) is 12.3 Å². The van der Waals surface area contributed by atoms with Crippen LogP contribution in [0.25, 0.3) is 0 Å². The summed E-state index contributed by atoms with van der Waals surface area (Å²) in [6.07, 6.45) is 5.04. The van der Waals surface area contributed by atoms with Gasteiger partial charge in [-0.2, -0.15) is 0 Å². The van der Waals surface area contributed by atoms with Crippen molar-refractivity contribution in [3.8, 4) is 0 Å². The van der Waals surface area contributed by atoms with Crippen molar-refractivity contribution in [2.24, 2.45) is 45.8 Å². The third-order valence-corrected chi connectivity index (χ3v) is 13.8. The van der Waals surface area contributed by atoms with Gasteiger partial charge in [-0.05, 0) is 110 Å². The number of aliphatic hydroxyl groups excluding tert-OH is 5. The predicted molar refractivity (Wildman–Crippen MR) is 157 cm³/mol. The molecule has 5 N–H and O–H groups in total. The van der Waals surface area contributed by atoms with Crippen LogP contribution in [0, 0.1) is 45.8 Å². The number of rotatable bonds is 7. The molecule has 1 saturated heterocycles. The first kappa shape index (κ1) is 31.3. The lowest BCUT2D eigenvalue weighted by Gasteiger charge is -2.65. The average Bonchev–Trinajstić information content (AvgIpc) is 3.43. The Morgan fingerprint density at radius 1 is 0.952 bits per heavy atom. The Bertz CT molecular complexity index is 1030. The second-order valence-electron chi connectivity index (χ2n) is 16.0. The monoisotopic (exact) mass is 592 g/mol. The van der Waals surface area contributed by atoms with Gasteiger partial charge in [0.25, 0.3) is 0 Å². The quantitative estimate of drug-likeness (QED) is 0.301. The first-order chi connectivity index (χ1) is 19.8. The molecule has 2 aliphatic heterocycles. The standard InChI is InChI=1S/C34H56O8/c1-18(17-40-31-30(39)29(38)28(37)26(16-35)42-31)6-7-24-19(2)27-25(41-24)14-23-21-9-11-32(3)15-20(36)8-13-34(32,5)22(21)10-12-33(23,27)4/h18,20-23,25-31,35-39H,6-17H2,1-5H3/t18-,20-,21-,22-,23+,25-,26+,27-,28+,29-,30+,31+,32+,33-,34+/m0/s1. The second kappa shape index (κ2) is 11.3. The van der Waals surface area contributed by atoms with E-state index in [4.69, 9.17) is 14.2 Å². The molecule has 0 amide bonds. The Morgan fingerprint density at radius 2 is 1.71 bits per heavy atom. The number of hydrogen-bond acceptors (Lipinski definition) is 8. The fourth-order valence-electron chi connectivity index (χ4n) is 11.1. The summed E-state index contributed by atoms with van der Waals surface area (Å²) in [6, 6.07) is 0. The van der Waals surface area contributed by atoms with Gasteiger partial charge in [0.1, 0.15) is 30.5 Å². The fraction of sp³-hybridized carbons (Fsp3) is 0.941. The van der Waals surface area contributed by atoms with Crippen molar-refractivity contribution in [2.45, 2.75) is 142 Å². The van der Waals surface area contributed by atoms with E-state index < -0.39 is 37.3 Å². The summed E-state index contributed by atoms with van der Waals surface area (Å²) in [5.41, 5.74) is 2.32. The molecule has 6 aliphatic rings. The Morgan fingerprint density at radius 3 is 2.45 bits per heavy atom. The fourth-order valence-corrected chi connectivity index (χ4v) is 11.1. The molecule has 0 aromatic carbocycles. The summed E-state index contributed by atoms with van der Waals surface area (Å²) >= 11 is 0. The largest absolute Gasteiger partial charge is 0.494 e. The van der Waals surface area contributed by atoms with Gasteiger partial charge in [-0.3, -0.25) is 0 Å². The highest BCUT2D eigenvalue weighted by molar-refractivity contribution is 5.27. The number of allylic oxidation sites excluding steroid dienone is 1. The number of hydrogen-bond donors (Lipinski definition) is 5. The summed E-state index contributed by atoms with van der Waals surface area (Å²) in [5, 5.41) is 50.2. The second-order valence-corrected chi connectivity index (χ2v) is 16.0. The van der Waals surface area contributed by atoms with Crippen LogP contribution in [0.15, 0.2) is 11.3 Å². The molecule has 15 atom stereocenters. The lowest BCUT2D eigenvalue weighted by Crippen LogP contribution is -2.59. The molecule has 0 unspecified atom stereocenters. The van der Waals surface area contributed by atoms with Crippen LogP contribution in [-0.4, -0.2) is 81.7 Å². The minimum absolute atomic E-state index is 0.124. The summed E-state index contributed by atoms with van der Waals surface area (Å²) < 4.78 is 18.1. The Balaban J connectivity index is 1.07. The van der Waals surface area contributed by atoms with Crippen LogP contribution in [-0.2, 0) is 14.2 Å². The van der Waals surface area contributed by atoms with Crippen LogP contribution >= 0.6 is 0 Å². The van der Waals surface area contributed by atoms with Crippen LogP contribution in [0.1, 0.15) is 98.8 Å². The molecule has 42 heavy (non-hydrogen) atoms. The molecule has 2 heterocycles. The van der Waals surface area contributed by atoms with E-state index >= 15 is 0 Å². The van der Waals surface area contributed by atoms with Crippen molar-refractivity contribution in [1.29, 1.82) is 0 Å².